The van der Waals surface area contributed by atoms with Gasteiger partial charge >= 0.3 is 0 Å². The fourth-order valence-corrected chi connectivity index (χ4v) is 1.62. The summed E-state index contributed by atoms with van der Waals surface area (Å²) in [5.74, 6) is 1.50. The molecule has 1 unspecified atom stereocenters. The Hall–Kier alpha value is -1.75. The number of amides is 1. The maximum atomic E-state index is 11.8. The van der Waals surface area contributed by atoms with Gasteiger partial charge in [-0.2, -0.15) is 0 Å². The van der Waals surface area contributed by atoms with Crippen molar-refractivity contribution in [3.8, 4) is 11.5 Å². The van der Waals surface area contributed by atoms with Crippen LogP contribution in [0.25, 0.3) is 0 Å². The summed E-state index contributed by atoms with van der Waals surface area (Å²) in [6.07, 6.45) is 0.519. The lowest BCUT2D eigenvalue weighted by molar-refractivity contribution is -0.130. The van der Waals surface area contributed by atoms with Crippen LogP contribution in [0.1, 0.15) is 19.8 Å². The monoisotopic (exact) mass is 281 g/mol. The molecule has 0 saturated carbocycles. The number of carbonyl (C=O) groups excluding carboxylic acids is 1. The van der Waals surface area contributed by atoms with Crippen LogP contribution in [0, 0.1) is 0 Å². The number of nitrogens with zero attached hydrogens (tertiary/aromatic N) is 1. The van der Waals surface area contributed by atoms with Crippen molar-refractivity contribution in [2.75, 3.05) is 27.3 Å². The van der Waals surface area contributed by atoms with E-state index in [1.54, 1.807) is 38.1 Å². The smallest absolute Gasteiger partial charge is 0.225 e. The van der Waals surface area contributed by atoms with Crippen molar-refractivity contribution in [3.05, 3.63) is 24.3 Å². The van der Waals surface area contributed by atoms with E-state index >= 15 is 0 Å². The van der Waals surface area contributed by atoms with Crippen molar-refractivity contribution in [1.29, 1.82) is 0 Å². The Morgan fingerprint density at radius 3 is 2.45 bits per heavy atom. The van der Waals surface area contributed by atoms with E-state index in [0.29, 0.717) is 31.7 Å². The molecule has 112 valence electrons. The van der Waals surface area contributed by atoms with Gasteiger partial charge in [0.15, 0.2) is 0 Å². The van der Waals surface area contributed by atoms with Crippen molar-refractivity contribution in [1.82, 2.24) is 4.90 Å². The third-order valence-corrected chi connectivity index (χ3v) is 2.95. The fraction of sp³-hybridized carbons (Fsp3) is 0.533. The maximum absolute atomic E-state index is 11.8. The van der Waals surface area contributed by atoms with E-state index in [0.717, 1.165) is 5.75 Å². The summed E-state index contributed by atoms with van der Waals surface area (Å²) in [6.45, 7) is 2.61. The second-order valence-corrected chi connectivity index (χ2v) is 4.73. The van der Waals surface area contributed by atoms with Gasteiger partial charge in [0.05, 0.1) is 26.2 Å². The van der Waals surface area contributed by atoms with Crippen LogP contribution in [0.15, 0.2) is 24.3 Å². The second kappa shape index (κ2) is 8.43. The van der Waals surface area contributed by atoms with Crippen LogP contribution in [-0.2, 0) is 4.79 Å². The highest BCUT2D eigenvalue weighted by molar-refractivity contribution is 5.75. The SMILES string of the molecule is COc1ccc(OCCC(=O)N(C)CCC(C)O)cc1. The number of ether oxygens (including phenoxy) is 2. The maximum Gasteiger partial charge on any atom is 0.225 e. The molecule has 0 heterocycles. The van der Waals surface area contributed by atoms with Crippen LogP contribution >= 0.6 is 0 Å². The number of methoxy groups -OCH3 is 1. The topological polar surface area (TPSA) is 59.0 Å². The first-order valence-corrected chi connectivity index (χ1v) is 6.72. The van der Waals surface area contributed by atoms with E-state index in [9.17, 15) is 9.90 Å². The molecule has 0 aromatic heterocycles. The number of benzene rings is 1. The summed E-state index contributed by atoms with van der Waals surface area (Å²) in [6, 6.07) is 7.23. The van der Waals surface area contributed by atoms with Crippen molar-refractivity contribution in [2.24, 2.45) is 0 Å². The van der Waals surface area contributed by atoms with E-state index in [-0.39, 0.29) is 12.0 Å². The van der Waals surface area contributed by atoms with Gasteiger partial charge in [-0.25, -0.2) is 0 Å². The predicted molar refractivity (Wildman–Crippen MR) is 77.0 cm³/mol. The lowest BCUT2D eigenvalue weighted by Gasteiger charge is -2.18. The number of aliphatic hydroxyl groups is 1. The van der Waals surface area contributed by atoms with Crippen LogP contribution in [0.4, 0.5) is 0 Å². The first-order valence-electron chi connectivity index (χ1n) is 6.72. The largest absolute Gasteiger partial charge is 0.497 e. The predicted octanol–water partition coefficient (Wildman–Crippen LogP) is 1.69. The van der Waals surface area contributed by atoms with Crippen molar-refractivity contribution >= 4 is 5.91 Å². The Morgan fingerprint density at radius 2 is 1.90 bits per heavy atom. The molecule has 20 heavy (non-hydrogen) atoms. The first kappa shape index (κ1) is 16.3. The van der Waals surface area contributed by atoms with E-state index < -0.39 is 0 Å². The van der Waals surface area contributed by atoms with Crippen LogP contribution in [0.3, 0.4) is 0 Å². The molecule has 0 spiro atoms. The van der Waals surface area contributed by atoms with Crippen LogP contribution in [-0.4, -0.2) is 49.3 Å². The van der Waals surface area contributed by atoms with Crippen LogP contribution in [0.5, 0.6) is 11.5 Å². The minimum Gasteiger partial charge on any atom is -0.497 e. The number of hydrogen-bond acceptors (Lipinski definition) is 4. The highest BCUT2D eigenvalue weighted by Gasteiger charge is 2.09. The molecule has 0 aliphatic rings. The molecule has 5 heteroatoms. The standard InChI is InChI=1S/C15H23NO4/c1-12(17)8-10-16(2)15(18)9-11-20-14-6-4-13(19-3)5-7-14/h4-7,12,17H,8-11H2,1-3H3. The van der Waals surface area contributed by atoms with E-state index in [4.69, 9.17) is 9.47 Å². The summed E-state index contributed by atoms with van der Waals surface area (Å²) >= 11 is 0. The number of hydrogen-bond donors (Lipinski definition) is 1. The normalized spacial score (nSPS) is 11.8. The molecule has 0 aliphatic heterocycles. The van der Waals surface area contributed by atoms with Gasteiger partial charge in [-0.1, -0.05) is 0 Å². The van der Waals surface area contributed by atoms with Crippen molar-refractivity contribution < 1.29 is 19.4 Å². The fourth-order valence-electron chi connectivity index (χ4n) is 1.62. The molecule has 1 atom stereocenters. The molecule has 0 bridgehead atoms. The lowest BCUT2D eigenvalue weighted by Crippen LogP contribution is -2.30. The van der Waals surface area contributed by atoms with Gasteiger partial charge in [-0.15, -0.1) is 0 Å². The molecule has 5 nitrogen and oxygen atoms in total. The van der Waals surface area contributed by atoms with Crippen LogP contribution < -0.4 is 9.47 Å². The average molecular weight is 281 g/mol. The Bertz CT molecular complexity index is 403. The molecule has 1 amide bonds. The molecule has 0 fully saturated rings. The van der Waals surface area contributed by atoms with E-state index in [1.807, 2.05) is 12.1 Å². The minimum absolute atomic E-state index is 0.0131. The second-order valence-electron chi connectivity index (χ2n) is 4.73. The zero-order valence-electron chi connectivity index (χ0n) is 12.3. The third-order valence-electron chi connectivity index (χ3n) is 2.95. The summed E-state index contributed by atoms with van der Waals surface area (Å²) < 4.78 is 10.6. The Labute approximate surface area is 120 Å². The molecule has 1 rings (SSSR count). The summed E-state index contributed by atoms with van der Waals surface area (Å²) in [5, 5.41) is 9.18. The zero-order valence-corrected chi connectivity index (χ0v) is 12.3. The Kier molecular flexibility index (Phi) is 6.87. The van der Waals surface area contributed by atoms with E-state index in [1.165, 1.54) is 0 Å². The number of aliphatic hydroxyl groups excluding tert-OH is 1. The highest BCUT2D eigenvalue weighted by atomic mass is 16.5. The third kappa shape index (κ3) is 5.93. The quantitative estimate of drug-likeness (QED) is 0.788. The van der Waals surface area contributed by atoms with Crippen LogP contribution in [0.2, 0.25) is 0 Å². The lowest BCUT2D eigenvalue weighted by atomic mass is 10.2. The minimum atomic E-state index is -0.388. The molecule has 1 aromatic carbocycles. The van der Waals surface area contributed by atoms with Gasteiger partial charge < -0.3 is 19.5 Å². The summed E-state index contributed by atoms with van der Waals surface area (Å²) in [7, 11) is 3.34. The Balaban J connectivity index is 2.26. The summed E-state index contributed by atoms with van der Waals surface area (Å²) in [4.78, 5) is 13.4. The zero-order chi connectivity index (χ0) is 15.0. The molecule has 0 saturated heterocycles. The average Bonchev–Trinajstić information content (AvgIpc) is 2.45. The van der Waals surface area contributed by atoms with E-state index in [2.05, 4.69) is 0 Å². The molecule has 1 N–H and O–H groups in total. The van der Waals surface area contributed by atoms with Gasteiger partial charge in [-0.3, -0.25) is 4.79 Å². The van der Waals surface area contributed by atoms with Crippen molar-refractivity contribution in [3.63, 3.8) is 0 Å². The number of rotatable bonds is 8. The molecule has 0 aliphatic carbocycles. The molecule has 0 radical (unpaired) electrons. The van der Waals surface area contributed by atoms with Gasteiger partial charge in [0, 0.05) is 13.6 Å². The van der Waals surface area contributed by atoms with Gasteiger partial charge in [0.2, 0.25) is 5.91 Å². The first-order chi connectivity index (χ1) is 9.52. The Morgan fingerprint density at radius 1 is 1.30 bits per heavy atom. The van der Waals surface area contributed by atoms with Gasteiger partial charge in [0.25, 0.3) is 0 Å². The highest BCUT2D eigenvalue weighted by Crippen LogP contribution is 2.17. The van der Waals surface area contributed by atoms with Gasteiger partial charge in [-0.05, 0) is 37.6 Å². The molecular weight excluding hydrogens is 258 g/mol. The summed E-state index contributed by atoms with van der Waals surface area (Å²) in [5.41, 5.74) is 0. The van der Waals surface area contributed by atoms with Crippen molar-refractivity contribution in [2.45, 2.75) is 25.9 Å². The number of carbonyl (C=O) groups is 1. The molecule has 1 aromatic rings. The van der Waals surface area contributed by atoms with Gasteiger partial charge in [0.1, 0.15) is 11.5 Å². The molecular formula is C15H23NO4.